The lowest BCUT2D eigenvalue weighted by Crippen LogP contribution is -2.28. The number of hydrogen-bond acceptors (Lipinski definition) is 4. The van der Waals surface area contributed by atoms with Crippen molar-refractivity contribution in [3.05, 3.63) is 18.5 Å². The van der Waals surface area contributed by atoms with Crippen LogP contribution in [0.5, 0.6) is 0 Å². The van der Waals surface area contributed by atoms with Crippen LogP contribution in [0.3, 0.4) is 0 Å². The normalized spacial score (nSPS) is 9.79. The Kier molecular flexibility index (Phi) is 3.78. The van der Waals surface area contributed by atoms with E-state index in [0.717, 1.165) is 12.8 Å². The maximum absolute atomic E-state index is 11.5. The first-order valence-electron chi connectivity index (χ1n) is 4.35. The third kappa shape index (κ3) is 2.65. The Balaban J connectivity index is 2.41. The molecule has 1 aromatic heterocycles. The maximum Gasteiger partial charge on any atom is 0.295 e. The summed E-state index contributed by atoms with van der Waals surface area (Å²) in [6, 6.07) is 0. The summed E-state index contributed by atoms with van der Waals surface area (Å²) in [6.07, 6.45) is 3.61. The Morgan fingerprint density at radius 3 is 3.07 bits per heavy atom. The molecule has 0 spiro atoms. The second kappa shape index (κ2) is 5.11. The first-order chi connectivity index (χ1) is 6.75. The van der Waals surface area contributed by atoms with Crippen molar-refractivity contribution in [3.8, 4) is 0 Å². The number of tetrazole rings is 1. The molecule has 0 aliphatic heterocycles. The van der Waals surface area contributed by atoms with Gasteiger partial charge in [-0.05, 0) is 18.1 Å². The fourth-order valence-corrected chi connectivity index (χ4v) is 0.997. The fraction of sp³-hybridized carbons (Fsp3) is 0.500. The molecule has 0 fully saturated rings. The predicted molar refractivity (Wildman–Crippen MR) is 50.6 cm³/mol. The molecule has 76 valence electrons. The van der Waals surface area contributed by atoms with E-state index in [2.05, 4.69) is 27.2 Å². The van der Waals surface area contributed by atoms with Crippen molar-refractivity contribution in [2.24, 2.45) is 0 Å². The van der Waals surface area contributed by atoms with Crippen molar-refractivity contribution in [2.45, 2.75) is 12.8 Å². The van der Waals surface area contributed by atoms with Crippen LogP contribution in [0, 0.1) is 0 Å². The van der Waals surface area contributed by atoms with E-state index in [1.54, 1.807) is 11.9 Å². The van der Waals surface area contributed by atoms with E-state index in [-0.39, 0.29) is 11.7 Å². The Morgan fingerprint density at radius 2 is 2.50 bits per heavy atom. The first kappa shape index (κ1) is 10.4. The average Bonchev–Trinajstić information content (AvgIpc) is 2.69. The molecule has 14 heavy (non-hydrogen) atoms. The highest BCUT2D eigenvalue weighted by Gasteiger charge is 2.14. The number of H-pyrrole nitrogens is 1. The zero-order valence-corrected chi connectivity index (χ0v) is 8.10. The molecule has 0 saturated heterocycles. The molecule has 0 aliphatic carbocycles. The number of nitrogens with one attached hydrogen (secondary N) is 1. The molecule has 1 amide bonds. The monoisotopic (exact) mass is 195 g/mol. The molecular weight excluding hydrogens is 182 g/mol. The summed E-state index contributed by atoms with van der Waals surface area (Å²) in [5, 5.41) is 12.8. The van der Waals surface area contributed by atoms with Crippen LogP contribution in [-0.4, -0.2) is 45.0 Å². The molecule has 1 rings (SSSR count). The van der Waals surface area contributed by atoms with E-state index in [4.69, 9.17) is 0 Å². The van der Waals surface area contributed by atoms with Crippen LogP contribution >= 0.6 is 0 Å². The fourth-order valence-electron chi connectivity index (χ4n) is 0.997. The third-order valence-electron chi connectivity index (χ3n) is 1.79. The zero-order chi connectivity index (χ0) is 10.4. The van der Waals surface area contributed by atoms with E-state index in [1.807, 2.05) is 6.08 Å². The number of rotatable bonds is 5. The molecule has 0 atom stereocenters. The summed E-state index contributed by atoms with van der Waals surface area (Å²) in [5.74, 6) is -0.117. The number of nitrogens with zero attached hydrogens (tertiary/aromatic N) is 4. The highest BCUT2D eigenvalue weighted by molar-refractivity contribution is 5.89. The predicted octanol–water partition coefficient (Wildman–Crippen LogP) is 0.238. The van der Waals surface area contributed by atoms with Gasteiger partial charge < -0.3 is 4.90 Å². The van der Waals surface area contributed by atoms with Gasteiger partial charge in [-0.15, -0.1) is 16.8 Å². The number of aromatic nitrogens is 4. The summed E-state index contributed by atoms with van der Waals surface area (Å²) < 4.78 is 0. The molecule has 1 N–H and O–H groups in total. The minimum absolute atomic E-state index is 0.103. The molecule has 0 saturated carbocycles. The standard InChI is InChI=1S/C8H13N5O/c1-3-4-5-6-13(2)8(14)7-9-11-12-10-7/h3H,1,4-6H2,2H3,(H,9,10,11,12). The van der Waals surface area contributed by atoms with Crippen molar-refractivity contribution in [2.75, 3.05) is 13.6 Å². The van der Waals surface area contributed by atoms with Gasteiger partial charge in [0.25, 0.3) is 11.7 Å². The lowest BCUT2D eigenvalue weighted by molar-refractivity contribution is 0.0782. The lowest BCUT2D eigenvalue weighted by Gasteiger charge is -2.13. The Morgan fingerprint density at radius 1 is 1.71 bits per heavy atom. The molecule has 6 nitrogen and oxygen atoms in total. The SMILES string of the molecule is C=CCCCN(C)C(=O)c1nn[nH]n1. The van der Waals surface area contributed by atoms with Gasteiger partial charge in [0, 0.05) is 13.6 Å². The Bertz CT molecular complexity index is 295. The van der Waals surface area contributed by atoms with Gasteiger partial charge in [-0.2, -0.15) is 5.21 Å². The van der Waals surface area contributed by atoms with Crippen LogP contribution in [0.4, 0.5) is 0 Å². The summed E-state index contributed by atoms with van der Waals surface area (Å²) in [4.78, 5) is 13.1. The number of unbranched alkanes of at least 4 members (excludes halogenated alkanes) is 1. The summed E-state index contributed by atoms with van der Waals surface area (Å²) >= 11 is 0. The summed E-state index contributed by atoms with van der Waals surface area (Å²) in [6.45, 7) is 4.28. The third-order valence-corrected chi connectivity index (χ3v) is 1.79. The highest BCUT2D eigenvalue weighted by atomic mass is 16.2. The topological polar surface area (TPSA) is 74.8 Å². The van der Waals surface area contributed by atoms with Gasteiger partial charge in [-0.3, -0.25) is 4.79 Å². The summed E-state index contributed by atoms with van der Waals surface area (Å²) in [5.41, 5.74) is 0. The molecule has 6 heteroatoms. The largest absolute Gasteiger partial charge is 0.339 e. The highest BCUT2D eigenvalue weighted by Crippen LogP contribution is 1.97. The molecule has 0 unspecified atom stereocenters. The van der Waals surface area contributed by atoms with Crippen molar-refractivity contribution in [1.82, 2.24) is 25.5 Å². The van der Waals surface area contributed by atoms with Gasteiger partial charge in [-0.1, -0.05) is 6.08 Å². The number of amides is 1. The van der Waals surface area contributed by atoms with Crippen molar-refractivity contribution in [1.29, 1.82) is 0 Å². The molecule has 1 heterocycles. The van der Waals surface area contributed by atoms with Crippen molar-refractivity contribution in [3.63, 3.8) is 0 Å². The smallest absolute Gasteiger partial charge is 0.295 e. The van der Waals surface area contributed by atoms with E-state index in [9.17, 15) is 4.79 Å². The molecule has 1 aromatic rings. The minimum atomic E-state index is -0.220. The average molecular weight is 195 g/mol. The number of carbonyl (C=O) groups is 1. The van der Waals surface area contributed by atoms with Gasteiger partial charge in [0.1, 0.15) is 0 Å². The molecule has 0 radical (unpaired) electrons. The molecular formula is C8H13N5O. The summed E-state index contributed by atoms with van der Waals surface area (Å²) in [7, 11) is 1.71. The maximum atomic E-state index is 11.5. The van der Waals surface area contributed by atoms with E-state index < -0.39 is 0 Å². The Labute approximate surface area is 82.0 Å². The van der Waals surface area contributed by atoms with Crippen molar-refractivity contribution < 1.29 is 4.79 Å². The number of aromatic amines is 1. The molecule has 0 bridgehead atoms. The zero-order valence-electron chi connectivity index (χ0n) is 8.10. The van der Waals surface area contributed by atoms with Crippen LogP contribution in [-0.2, 0) is 0 Å². The second-order valence-corrected chi connectivity index (χ2v) is 2.89. The van der Waals surface area contributed by atoms with Gasteiger partial charge in [0.2, 0.25) is 0 Å². The van der Waals surface area contributed by atoms with E-state index in [1.165, 1.54) is 0 Å². The van der Waals surface area contributed by atoms with Gasteiger partial charge in [0.15, 0.2) is 0 Å². The van der Waals surface area contributed by atoms with Gasteiger partial charge in [0.05, 0.1) is 0 Å². The first-order valence-corrected chi connectivity index (χ1v) is 4.35. The molecule has 0 aromatic carbocycles. The van der Waals surface area contributed by atoms with Gasteiger partial charge >= 0.3 is 0 Å². The quantitative estimate of drug-likeness (QED) is 0.539. The Hall–Kier alpha value is -1.72. The number of hydrogen-bond donors (Lipinski definition) is 1. The molecule has 0 aliphatic rings. The minimum Gasteiger partial charge on any atom is -0.339 e. The van der Waals surface area contributed by atoms with Crippen molar-refractivity contribution >= 4 is 5.91 Å². The van der Waals surface area contributed by atoms with Crippen LogP contribution in [0.25, 0.3) is 0 Å². The number of allylic oxidation sites excluding steroid dienone is 1. The van der Waals surface area contributed by atoms with E-state index in [0.29, 0.717) is 6.54 Å². The van der Waals surface area contributed by atoms with Crippen LogP contribution in [0.1, 0.15) is 23.5 Å². The second-order valence-electron chi connectivity index (χ2n) is 2.89. The number of carbonyl (C=O) groups excluding carboxylic acids is 1. The van der Waals surface area contributed by atoms with Crippen LogP contribution < -0.4 is 0 Å². The van der Waals surface area contributed by atoms with Crippen LogP contribution in [0.15, 0.2) is 12.7 Å². The lowest BCUT2D eigenvalue weighted by atomic mass is 10.3. The van der Waals surface area contributed by atoms with Crippen LogP contribution in [0.2, 0.25) is 0 Å². The van der Waals surface area contributed by atoms with E-state index >= 15 is 0 Å². The van der Waals surface area contributed by atoms with Gasteiger partial charge in [-0.25, -0.2) is 0 Å².